The number of amides is 1. The van der Waals surface area contributed by atoms with Gasteiger partial charge in [0.1, 0.15) is 11.2 Å². The molecule has 1 saturated carbocycles. The highest BCUT2D eigenvalue weighted by atomic mass is 16.6. The van der Waals surface area contributed by atoms with Gasteiger partial charge in [-0.3, -0.25) is 4.79 Å². The number of methoxy groups -OCH3 is 1. The normalized spacial score (nSPS) is 21.5. The number of esters is 1. The van der Waals surface area contributed by atoms with Gasteiger partial charge in [-0.2, -0.15) is 5.26 Å². The van der Waals surface area contributed by atoms with Gasteiger partial charge in [-0.15, -0.1) is 0 Å². The Bertz CT molecular complexity index is 645. The van der Waals surface area contributed by atoms with Crippen molar-refractivity contribution in [3.8, 4) is 11.8 Å². The molecule has 1 aromatic rings. The van der Waals surface area contributed by atoms with Gasteiger partial charge in [-0.25, -0.2) is 4.79 Å². The molecule has 1 aliphatic heterocycles. The topological polar surface area (TPSA) is 79.6 Å². The number of rotatable bonds is 2. The summed E-state index contributed by atoms with van der Waals surface area (Å²) in [5, 5.41) is 9.21. The molecule has 3 rings (SSSR count). The summed E-state index contributed by atoms with van der Waals surface area (Å²) in [7, 11) is 1.27. The molecule has 0 unspecified atom stereocenters. The van der Waals surface area contributed by atoms with E-state index in [9.17, 15) is 14.9 Å². The molecule has 0 spiro atoms. The van der Waals surface area contributed by atoms with Gasteiger partial charge in [0.15, 0.2) is 0 Å². The Morgan fingerprint density at radius 2 is 2.14 bits per heavy atom. The molecule has 2 aliphatic rings. The first-order valence-electron chi connectivity index (χ1n) is 6.68. The number of para-hydroxylation sites is 2. The Hall–Kier alpha value is -2.55. The largest absolute Gasteiger partial charge is 0.475 e. The zero-order valence-corrected chi connectivity index (χ0v) is 11.5. The molecule has 1 amide bonds. The lowest BCUT2D eigenvalue weighted by Crippen LogP contribution is -2.49. The zero-order valence-electron chi connectivity index (χ0n) is 11.5. The highest BCUT2D eigenvalue weighted by Gasteiger charge is 2.54. The molecule has 0 bridgehead atoms. The monoisotopic (exact) mass is 286 g/mol. The van der Waals surface area contributed by atoms with Gasteiger partial charge >= 0.3 is 5.97 Å². The SMILES string of the molecule is COC(=O)[C@@H]1CN(C(=O)C2(C#N)CC2)c2ccccc2O1. The first-order chi connectivity index (χ1) is 10.1. The molecule has 1 fully saturated rings. The van der Waals surface area contributed by atoms with Crippen molar-refractivity contribution in [3.63, 3.8) is 0 Å². The predicted molar refractivity (Wildman–Crippen MR) is 72.5 cm³/mol. The van der Waals surface area contributed by atoms with Crippen molar-refractivity contribution in [2.75, 3.05) is 18.6 Å². The number of hydrogen-bond donors (Lipinski definition) is 0. The van der Waals surface area contributed by atoms with Crippen LogP contribution < -0.4 is 9.64 Å². The highest BCUT2D eigenvalue weighted by molar-refractivity contribution is 6.03. The zero-order chi connectivity index (χ0) is 15.0. The van der Waals surface area contributed by atoms with E-state index in [2.05, 4.69) is 6.07 Å². The van der Waals surface area contributed by atoms with Gasteiger partial charge < -0.3 is 14.4 Å². The maximum Gasteiger partial charge on any atom is 0.348 e. The van der Waals surface area contributed by atoms with E-state index in [1.54, 1.807) is 24.3 Å². The molecule has 108 valence electrons. The quantitative estimate of drug-likeness (QED) is 0.765. The molecule has 1 aromatic carbocycles. The second-order valence-corrected chi connectivity index (χ2v) is 5.21. The Labute approximate surface area is 121 Å². The maximum atomic E-state index is 12.6. The van der Waals surface area contributed by atoms with Gasteiger partial charge in [0, 0.05) is 0 Å². The maximum absolute atomic E-state index is 12.6. The van der Waals surface area contributed by atoms with Crippen LogP contribution in [0.25, 0.3) is 0 Å². The van der Waals surface area contributed by atoms with Crippen LogP contribution in [-0.2, 0) is 14.3 Å². The molecule has 0 N–H and O–H groups in total. The van der Waals surface area contributed by atoms with Crippen molar-refractivity contribution >= 4 is 17.6 Å². The highest BCUT2D eigenvalue weighted by Crippen LogP contribution is 2.48. The second-order valence-electron chi connectivity index (χ2n) is 5.21. The lowest BCUT2D eigenvalue weighted by Gasteiger charge is -2.34. The molecule has 0 saturated heterocycles. The Morgan fingerprint density at radius 3 is 2.76 bits per heavy atom. The van der Waals surface area contributed by atoms with Crippen LogP contribution in [0.15, 0.2) is 24.3 Å². The fourth-order valence-electron chi connectivity index (χ4n) is 2.44. The number of hydrogen-bond acceptors (Lipinski definition) is 5. The van der Waals surface area contributed by atoms with Crippen molar-refractivity contribution in [2.24, 2.45) is 5.41 Å². The van der Waals surface area contributed by atoms with Crippen LogP contribution in [0, 0.1) is 16.7 Å². The minimum Gasteiger partial charge on any atom is -0.475 e. The predicted octanol–water partition coefficient (Wildman–Crippen LogP) is 1.26. The molecule has 21 heavy (non-hydrogen) atoms. The van der Waals surface area contributed by atoms with Crippen LogP contribution in [0.2, 0.25) is 0 Å². The molecule has 1 aliphatic carbocycles. The van der Waals surface area contributed by atoms with Crippen molar-refractivity contribution in [3.05, 3.63) is 24.3 Å². The van der Waals surface area contributed by atoms with E-state index in [4.69, 9.17) is 9.47 Å². The van der Waals surface area contributed by atoms with E-state index >= 15 is 0 Å². The standard InChI is InChI=1S/C15H14N2O4/c1-20-13(18)12-8-17(14(19)15(9-16)6-7-15)10-4-2-3-5-11(10)21-12/h2-5,12H,6-8H2,1H3/t12-/m0/s1. The minimum atomic E-state index is -0.939. The van der Waals surface area contributed by atoms with Gasteiger partial charge in [-0.05, 0) is 25.0 Å². The summed E-state index contributed by atoms with van der Waals surface area (Å²) in [5.41, 5.74) is -0.352. The summed E-state index contributed by atoms with van der Waals surface area (Å²) in [6.45, 7) is 0.0615. The van der Waals surface area contributed by atoms with Crippen molar-refractivity contribution in [1.29, 1.82) is 5.26 Å². The van der Waals surface area contributed by atoms with E-state index in [-0.39, 0.29) is 12.5 Å². The van der Waals surface area contributed by atoms with Crippen LogP contribution in [0.4, 0.5) is 5.69 Å². The summed E-state index contributed by atoms with van der Waals surface area (Å²) < 4.78 is 10.3. The van der Waals surface area contributed by atoms with Crippen LogP contribution >= 0.6 is 0 Å². The summed E-state index contributed by atoms with van der Waals surface area (Å²) in [4.78, 5) is 25.8. The lowest BCUT2D eigenvalue weighted by atomic mass is 10.1. The van der Waals surface area contributed by atoms with E-state index in [0.29, 0.717) is 24.3 Å². The van der Waals surface area contributed by atoms with Gasteiger partial charge in [0.25, 0.3) is 0 Å². The summed E-state index contributed by atoms with van der Waals surface area (Å²) in [6.07, 6.45) is 0.249. The van der Waals surface area contributed by atoms with Crippen molar-refractivity contribution in [2.45, 2.75) is 18.9 Å². The number of benzene rings is 1. The molecule has 6 nitrogen and oxygen atoms in total. The molecule has 1 atom stereocenters. The van der Waals surface area contributed by atoms with Gasteiger partial charge in [0.05, 0.1) is 25.4 Å². The first kappa shape index (κ1) is 13.4. The molecule has 6 heteroatoms. The molecular formula is C15H14N2O4. The fourth-order valence-corrected chi connectivity index (χ4v) is 2.44. The third-order valence-corrected chi connectivity index (χ3v) is 3.86. The van der Waals surface area contributed by atoms with E-state index in [0.717, 1.165) is 0 Å². The van der Waals surface area contributed by atoms with Crippen LogP contribution in [0.3, 0.4) is 0 Å². The average molecular weight is 286 g/mol. The van der Waals surface area contributed by atoms with Crippen LogP contribution in [0.1, 0.15) is 12.8 Å². The number of fused-ring (bicyclic) bond motifs is 1. The number of carbonyl (C=O) groups is 2. The molecule has 0 aromatic heterocycles. The Balaban J connectivity index is 1.97. The number of nitriles is 1. The van der Waals surface area contributed by atoms with Crippen molar-refractivity contribution < 1.29 is 19.1 Å². The van der Waals surface area contributed by atoms with Crippen molar-refractivity contribution in [1.82, 2.24) is 0 Å². The third-order valence-electron chi connectivity index (χ3n) is 3.86. The van der Waals surface area contributed by atoms with E-state index < -0.39 is 17.5 Å². The van der Waals surface area contributed by atoms with Gasteiger partial charge in [0.2, 0.25) is 12.0 Å². The minimum absolute atomic E-state index is 0.0615. The summed E-state index contributed by atoms with van der Waals surface area (Å²) >= 11 is 0. The Morgan fingerprint density at radius 1 is 1.43 bits per heavy atom. The lowest BCUT2D eigenvalue weighted by molar-refractivity contribution is -0.148. The molecular weight excluding hydrogens is 272 g/mol. The second kappa shape index (κ2) is 4.77. The van der Waals surface area contributed by atoms with Crippen LogP contribution in [-0.4, -0.2) is 31.6 Å². The number of carbonyl (C=O) groups excluding carboxylic acids is 2. The average Bonchev–Trinajstić information content (AvgIpc) is 3.33. The summed E-state index contributed by atoms with van der Waals surface area (Å²) in [5.74, 6) is -0.361. The third kappa shape index (κ3) is 2.11. The molecule has 0 radical (unpaired) electrons. The van der Waals surface area contributed by atoms with Gasteiger partial charge in [-0.1, -0.05) is 12.1 Å². The fraction of sp³-hybridized carbons (Fsp3) is 0.400. The molecule has 1 heterocycles. The number of nitrogens with zero attached hydrogens (tertiary/aromatic N) is 2. The summed E-state index contributed by atoms with van der Waals surface area (Å²) in [6, 6.07) is 9.07. The number of anilines is 1. The number of ether oxygens (including phenoxy) is 2. The van der Waals surface area contributed by atoms with Crippen LogP contribution in [0.5, 0.6) is 5.75 Å². The first-order valence-corrected chi connectivity index (χ1v) is 6.68. The smallest absolute Gasteiger partial charge is 0.348 e. The van der Waals surface area contributed by atoms with E-state index in [1.165, 1.54) is 12.0 Å². The van der Waals surface area contributed by atoms with E-state index in [1.807, 2.05) is 0 Å². The Kier molecular flexibility index (Phi) is 3.05.